The lowest BCUT2D eigenvalue weighted by Crippen LogP contribution is -2.06. The third-order valence-electron chi connectivity index (χ3n) is 1.10. The van der Waals surface area contributed by atoms with Gasteiger partial charge in [0, 0.05) is 0 Å². The van der Waals surface area contributed by atoms with Gasteiger partial charge in [0.15, 0.2) is 0 Å². The number of hydrogen-bond acceptors (Lipinski definition) is 3. The molecule has 45 valence electrons. The normalized spacial score (nSPS) is 28.4. The van der Waals surface area contributed by atoms with E-state index in [-0.39, 0.29) is 5.44 Å². The zero-order valence-electron chi connectivity index (χ0n) is 4.54. The molecule has 2 nitrogen and oxygen atoms in total. The molecule has 1 aliphatic rings. The first-order valence-corrected chi connectivity index (χ1v) is 3.71. The Bertz CT molecular complexity index is 65.1. The second kappa shape index (κ2) is 3.38. The summed E-state index contributed by atoms with van der Waals surface area (Å²) in [4.78, 5) is 0. The van der Waals surface area contributed by atoms with Crippen LogP contribution in [0.1, 0.15) is 12.8 Å². The van der Waals surface area contributed by atoms with Crippen molar-refractivity contribution in [2.24, 2.45) is 0 Å². The van der Waals surface area contributed by atoms with Crippen LogP contribution in [0.25, 0.3) is 0 Å². The predicted octanol–water partition coefficient (Wildman–Crippen LogP) is 0.383. The monoisotopic (exact) mass is 131 g/mol. The van der Waals surface area contributed by atoms with Crippen LogP contribution < -0.4 is 0 Å². The molecule has 1 aliphatic heterocycles. The van der Waals surface area contributed by atoms with Crippen LogP contribution in [0.4, 0.5) is 0 Å². The van der Waals surface area contributed by atoms with Crippen LogP contribution in [0.3, 0.4) is 0 Å². The number of hydrogen-bond donors (Lipinski definition) is 1. The molecule has 1 saturated heterocycles. The minimum absolute atomic E-state index is 0.222. The molecule has 1 heterocycles. The Kier molecular flexibility index (Phi) is 2.73. The Labute approximate surface area is 53.9 Å². The zero-order chi connectivity index (χ0) is 5.82. The van der Waals surface area contributed by atoms with E-state index in [1.54, 1.807) is 11.8 Å². The van der Waals surface area contributed by atoms with Gasteiger partial charge >= 0.3 is 7.69 Å². The molecule has 4 heteroatoms. The molecule has 1 radical (unpaired) electrons. The van der Waals surface area contributed by atoms with Gasteiger partial charge in [-0.1, -0.05) is 0 Å². The van der Waals surface area contributed by atoms with Crippen molar-refractivity contribution in [2.45, 2.75) is 18.3 Å². The van der Waals surface area contributed by atoms with Crippen molar-refractivity contribution in [2.75, 3.05) is 5.75 Å². The second-order valence-corrected chi connectivity index (χ2v) is 2.95. The lowest BCUT2D eigenvalue weighted by atomic mass is 10.3. The first kappa shape index (κ1) is 6.45. The Morgan fingerprint density at radius 2 is 2.62 bits per heavy atom. The van der Waals surface area contributed by atoms with Gasteiger partial charge in [0.25, 0.3) is 0 Å². The lowest BCUT2D eigenvalue weighted by molar-refractivity contribution is 0.256. The van der Waals surface area contributed by atoms with Gasteiger partial charge in [-0.25, -0.2) is 0 Å². The van der Waals surface area contributed by atoms with Gasteiger partial charge in [-0.05, 0) is 18.6 Å². The van der Waals surface area contributed by atoms with E-state index in [2.05, 4.69) is 0 Å². The molecular weight excluding hydrogens is 123 g/mol. The molecule has 0 saturated carbocycles. The van der Waals surface area contributed by atoms with Crippen molar-refractivity contribution >= 4 is 19.4 Å². The maximum absolute atomic E-state index is 8.17. The minimum Gasteiger partial charge on any atom is -0.429 e. The highest BCUT2D eigenvalue weighted by atomic mass is 32.2. The van der Waals surface area contributed by atoms with Crippen molar-refractivity contribution in [1.29, 1.82) is 0 Å². The highest BCUT2D eigenvalue weighted by Gasteiger charge is 2.14. The molecule has 0 spiro atoms. The van der Waals surface area contributed by atoms with Crippen LogP contribution in [0.5, 0.6) is 0 Å². The maximum atomic E-state index is 8.17. The molecule has 0 aromatic rings. The van der Waals surface area contributed by atoms with Crippen molar-refractivity contribution in [3.8, 4) is 0 Å². The fourth-order valence-electron chi connectivity index (χ4n) is 0.723. The van der Waals surface area contributed by atoms with E-state index in [0.29, 0.717) is 0 Å². The van der Waals surface area contributed by atoms with Crippen molar-refractivity contribution < 1.29 is 9.68 Å². The highest BCUT2D eigenvalue weighted by Crippen LogP contribution is 2.25. The molecule has 0 bridgehead atoms. The molecule has 1 rings (SSSR count). The van der Waals surface area contributed by atoms with E-state index in [4.69, 9.17) is 9.68 Å². The SMILES string of the molecule is O[B]OC1CCCS1. The molecule has 0 aromatic heterocycles. The summed E-state index contributed by atoms with van der Waals surface area (Å²) < 4.78 is 4.80. The molecular formula is C4H8BO2S. The summed E-state index contributed by atoms with van der Waals surface area (Å²) in [5.41, 5.74) is 0.222. The summed E-state index contributed by atoms with van der Waals surface area (Å²) in [7, 11) is 0.781. The highest BCUT2D eigenvalue weighted by molar-refractivity contribution is 8.00. The predicted molar refractivity (Wildman–Crippen MR) is 34.5 cm³/mol. The van der Waals surface area contributed by atoms with Crippen molar-refractivity contribution in [3.05, 3.63) is 0 Å². The summed E-state index contributed by atoms with van der Waals surface area (Å²) in [6, 6.07) is 0. The van der Waals surface area contributed by atoms with Gasteiger partial charge in [0.1, 0.15) is 0 Å². The van der Waals surface area contributed by atoms with Crippen molar-refractivity contribution in [1.82, 2.24) is 0 Å². The first-order valence-electron chi connectivity index (χ1n) is 2.66. The largest absolute Gasteiger partial charge is 0.485 e. The van der Waals surface area contributed by atoms with Gasteiger partial charge in [-0.15, -0.1) is 11.8 Å². The summed E-state index contributed by atoms with van der Waals surface area (Å²) in [6.45, 7) is 0. The molecule has 8 heavy (non-hydrogen) atoms. The van der Waals surface area contributed by atoms with Crippen LogP contribution >= 0.6 is 11.8 Å². The third-order valence-corrected chi connectivity index (χ3v) is 2.34. The molecule has 0 amide bonds. The van der Waals surface area contributed by atoms with Gasteiger partial charge in [-0.3, -0.25) is 0 Å². The average molecular weight is 131 g/mol. The lowest BCUT2D eigenvalue weighted by Gasteiger charge is -2.04. The zero-order valence-corrected chi connectivity index (χ0v) is 5.36. The smallest absolute Gasteiger partial charge is 0.429 e. The summed E-state index contributed by atoms with van der Waals surface area (Å²) >= 11 is 1.75. The Morgan fingerprint density at radius 1 is 1.75 bits per heavy atom. The van der Waals surface area contributed by atoms with Crippen LogP contribution in [0.2, 0.25) is 0 Å². The van der Waals surface area contributed by atoms with Crippen LogP contribution in [-0.2, 0) is 4.65 Å². The molecule has 1 unspecified atom stereocenters. The van der Waals surface area contributed by atoms with E-state index >= 15 is 0 Å². The van der Waals surface area contributed by atoms with E-state index in [9.17, 15) is 0 Å². The molecule has 1 fully saturated rings. The Hall–Kier alpha value is 0.335. The van der Waals surface area contributed by atoms with Crippen LogP contribution in [0, 0.1) is 0 Å². The quantitative estimate of drug-likeness (QED) is 0.549. The second-order valence-electron chi connectivity index (χ2n) is 1.68. The number of rotatable bonds is 2. The van der Waals surface area contributed by atoms with Gasteiger partial charge in [-0.2, -0.15) is 0 Å². The minimum atomic E-state index is 0.222. The van der Waals surface area contributed by atoms with Gasteiger partial charge < -0.3 is 9.68 Å². The fraction of sp³-hybridized carbons (Fsp3) is 1.00. The van der Waals surface area contributed by atoms with Crippen LogP contribution in [0.15, 0.2) is 0 Å². The fourth-order valence-corrected chi connectivity index (χ4v) is 1.78. The van der Waals surface area contributed by atoms with E-state index in [1.807, 2.05) is 0 Å². The standard InChI is InChI=1S/C4H8BO2S/c6-5-7-4-2-1-3-8-4/h4,6H,1-3H2. The Balaban J connectivity index is 2.06. The average Bonchev–Trinajstić information content (AvgIpc) is 2.19. The van der Waals surface area contributed by atoms with E-state index < -0.39 is 0 Å². The van der Waals surface area contributed by atoms with Crippen molar-refractivity contribution in [3.63, 3.8) is 0 Å². The van der Waals surface area contributed by atoms with Crippen LogP contribution in [-0.4, -0.2) is 23.9 Å². The van der Waals surface area contributed by atoms with Gasteiger partial charge in [0.05, 0.1) is 5.44 Å². The summed E-state index contributed by atoms with van der Waals surface area (Å²) in [6.07, 6.45) is 2.28. The number of thioether (sulfide) groups is 1. The molecule has 1 N–H and O–H groups in total. The molecule has 0 aliphatic carbocycles. The first-order chi connectivity index (χ1) is 3.93. The maximum Gasteiger partial charge on any atom is 0.485 e. The Morgan fingerprint density at radius 3 is 3.12 bits per heavy atom. The van der Waals surface area contributed by atoms with E-state index in [0.717, 1.165) is 14.1 Å². The third kappa shape index (κ3) is 1.69. The topological polar surface area (TPSA) is 29.5 Å². The van der Waals surface area contributed by atoms with E-state index in [1.165, 1.54) is 12.2 Å². The summed E-state index contributed by atoms with van der Waals surface area (Å²) in [5, 5.41) is 8.17. The van der Waals surface area contributed by atoms with Gasteiger partial charge in [0.2, 0.25) is 0 Å². The summed E-state index contributed by atoms with van der Waals surface area (Å²) in [5.74, 6) is 1.17. The molecule has 0 aromatic carbocycles. The molecule has 1 atom stereocenters.